The molecular formula is C10H18S2. The molecule has 0 aliphatic heterocycles. The average Bonchev–Trinajstić information content (AvgIpc) is 2.10. The Balaban J connectivity index is 3.95. The Morgan fingerprint density at radius 3 is 2.58 bits per heavy atom. The Hall–Kier alpha value is 0.180. The van der Waals surface area contributed by atoms with Crippen LogP contribution in [0.5, 0.6) is 0 Å². The molecule has 0 saturated carbocycles. The summed E-state index contributed by atoms with van der Waals surface area (Å²) >= 11 is 6.41. The third kappa shape index (κ3) is 4.94. The van der Waals surface area contributed by atoms with Crippen LogP contribution in [0, 0.1) is 0 Å². The van der Waals surface area contributed by atoms with Gasteiger partial charge in [-0.05, 0) is 31.6 Å². The monoisotopic (exact) mass is 202 g/mol. The molecule has 0 aromatic rings. The van der Waals surface area contributed by atoms with E-state index >= 15 is 0 Å². The minimum atomic E-state index is 0.339. The molecule has 0 fully saturated rings. The van der Waals surface area contributed by atoms with E-state index in [1.807, 2.05) is 18.7 Å². The van der Waals surface area contributed by atoms with E-state index in [0.29, 0.717) is 4.58 Å². The van der Waals surface area contributed by atoms with Crippen molar-refractivity contribution in [3.63, 3.8) is 0 Å². The molecular weight excluding hydrogens is 184 g/mol. The van der Waals surface area contributed by atoms with Crippen molar-refractivity contribution in [1.29, 1.82) is 0 Å². The van der Waals surface area contributed by atoms with Gasteiger partial charge in [-0.3, -0.25) is 0 Å². The molecule has 1 atom stereocenters. The molecule has 0 spiro atoms. The first-order valence-corrected chi connectivity index (χ1v) is 5.91. The summed E-state index contributed by atoms with van der Waals surface area (Å²) in [7, 11) is 0. The lowest BCUT2D eigenvalue weighted by Gasteiger charge is -2.10. The third-order valence-electron chi connectivity index (χ3n) is 1.46. The molecule has 0 aliphatic rings. The number of hydrogen-bond acceptors (Lipinski definition) is 2. The summed E-state index contributed by atoms with van der Waals surface area (Å²) in [5, 5.41) is 0. The fraction of sp³-hybridized carbons (Fsp3) is 0.600. The lowest BCUT2D eigenvalue weighted by atomic mass is 10.2. The Morgan fingerprint density at radius 2 is 2.17 bits per heavy atom. The van der Waals surface area contributed by atoms with Crippen molar-refractivity contribution in [1.82, 2.24) is 0 Å². The predicted octanol–water partition coefficient (Wildman–Crippen LogP) is 3.91. The zero-order valence-corrected chi connectivity index (χ0v) is 9.79. The van der Waals surface area contributed by atoms with Gasteiger partial charge in [0.15, 0.2) is 0 Å². The average molecular weight is 202 g/mol. The summed E-state index contributed by atoms with van der Waals surface area (Å²) in [4.78, 5) is 0. The van der Waals surface area contributed by atoms with Crippen molar-refractivity contribution in [2.75, 3.05) is 5.75 Å². The number of allylic oxidation sites excluding steroid dienone is 3. The zero-order valence-electron chi connectivity index (χ0n) is 8.08. The minimum Gasteiger partial charge on any atom is -0.160 e. The summed E-state index contributed by atoms with van der Waals surface area (Å²) in [6.07, 6.45) is 7.53. The molecule has 0 aliphatic carbocycles. The standard InChI is InChI=1S/C10H18S2/c1-4-7-9(6-3)10(11)12-8-5-2/h4,6-7,10-11H,5,8H2,1-3H3/b7-4-,9-6+. The fourth-order valence-corrected chi connectivity index (χ4v) is 2.26. The van der Waals surface area contributed by atoms with E-state index in [2.05, 4.69) is 44.7 Å². The van der Waals surface area contributed by atoms with Crippen LogP contribution in [-0.4, -0.2) is 10.3 Å². The fourth-order valence-electron chi connectivity index (χ4n) is 0.839. The summed E-state index contributed by atoms with van der Waals surface area (Å²) in [5.41, 5.74) is 1.30. The number of thioether (sulfide) groups is 1. The maximum Gasteiger partial charge on any atom is 0.0718 e. The van der Waals surface area contributed by atoms with Crippen LogP contribution in [0.25, 0.3) is 0 Å². The first kappa shape index (κ1) is 12.2. The summed E-state index contributed by atoms with van der Waals surface area (Å²) in [6, 6.07) is 0. The van der Waals surface area contributed by atoms with E-state index in [1.54, 1.807) is 0 Å². The maximum absolute atomic E-state index is 4.52. The van der Waals surface area contributed by atoms with Crippen molar-refractivity contribution >= 4 is 24.4 Å². The van der Waals surface area contributed by atoms with E-state index in [1.165, 1.54) is 17.7 Å². The van der Waals surface area contributed by atoms with Crippen LogP contribution in [0.2, 0.25) is 0 Å². The van der Waals surface area contributed by atoms with Crippen molar-refractivity contribution in [3.8, 4) is 0 Å². The van der Waals surface area contributed by atoms with E-state index in [4.69, 9.17) is 0 Å². The third-order valence-corrected chi connectivity index (χ3v) is 3.43. The van der Waals surface area contributed by atoms with E-state index in [0.717, 1.165) is 0 Å². The summed E-state index contributed by atoms with van der Waals surface area (Å²) in [5.74, 6) is 1.18. The van der Waals surface area contributed by atoms with Gasteiger partial charge in [0.2, 0.25) is 0 Å². The van der Waals surface area contributed by atoms with Crippen LogP contribution in [0.15, 0.2) is 23.8 Å². The second-order valence-electron chi connectivity index (χ2n) is 2.51. The first-order chi connectivity index (χ1) is 5.76. The lowest BCUT2D eigenvalue weighted by molar-refractivity contribution is 1.10. The molecule has 12 heavy (non-hydrogen) atoms. The van der Waals surface area contributed by atoms with Crippen LogP contribution in [0.3, 0.4) is 0 Å². The topological polar surface area (TPSA) is 0 Å². The Morgan fingerprint density at radius 1 is 1.50 bits per heavy atom. The van der Waals surface area contributed by atoms with Gasteiger partial charge in [0.25, 0.3) is 0 Å². The summed E-state index contributed by atoms with van der Waals surface area (Å²) < 4.78 is 0.339. The molecule has 0 nitrogen and oxygen atoms in total. The normalized spacial score (nSPS) is 15.5. The van der Waals surface area contributed by atoms with Crippen molar-refractivity contribution in [2.24, 2.45) is 0 Å². The number of thiol groups is 1. The van der Waals surface area contributed by atoms with Crippen LogP contribution in [0.1, 0.15) is 27.2 Å². The van der Waals surface area contributed by atoms with E-state index < -0.39 is 0 Å². The van der Waals surface area contributed by atoms with Gasteiger partial charge in [0, 0.05) is 0 Å². The van der Waals surface area contributed by atoms with E-state index in [9.17, 15) is 0 Å². The number of hydrogen-bond donors (Lipinski definition) is 1. The quantitative estimate of drug-likeness (QED) is 0.401. The van der Waals surface area contributed by atoms with Gasteiger partial charge >= 0.3 is 0 Å². The maximum atomic E-state index is 4.52. The highest BCUT2D eigenvalue weighted by molar-refractivity contribution is 8.10. The SMILES string of the molecule is C/C=C\C(=C/C)C(S)SCCC. The number of rotatable bonds is 5. The molecule has 0 N–H and O–H groups in total. The Bertz CT molecular complexity index is 159. The highest BCUT2D eigenvalue weighted by atomic mass is 32.2. The first-order valence-electron chi connectivity index (χ1n) is 4.34. The van der Waals surface area contributed by atoms with Crippen LogP contribution in [-0.2, 0) is 0 Å². The van der Waals surface area contributed by atoms with Gasteiger partial charge in [0.1, 0.15) is 0 Å². The van der Waals surface area contributed by atoms with Gasteiger partial charge in [-0.1, -0.05) is 25.2 Å². The zero-order chi connectivity index (χ0) is 9.40. The molecule has 2 heteroatoms. The molecule has 0 bridgehead atoms. The largest absolute Gasteiger partial charge is 0.160 e. The molecule has 0 amide bonds. The smallest absolute Gasteiger partial charge is 0.0718 e. The molecule has 70 valence electrons. The Kier molecular flexibility index (Phi) is 7.93. The molecule has 1 unspecified atom stereocenters. The molecule has 0 radical (unpaired) electrons. The molecule has 0 aromatic heterocycles. The van der Waals surface area contributed by atoms with Crippen LogP contribution in [0.4, 0.5) is 0 Å². The predicted molar refractivity (Wildman–Crippen MR) is 64.1 cm³/mol. The lowest BCUT2D eigenvalue weighted by Crippen LogP contribution is -1.96. The van der Waals surface area contributed by atoms with Gasteiger partial charge in [-0.25, -0.2) is 0 Å². The molecule has 0 saturated heterocycles. The van der Waals surface area contributed by atoms with Crippen molar-refractivity contribution in [2.45, 2.75) is 31.8 Å². The van der Waals surface area contributed by atoms with Gasteiger partial charge in [-0.2, -0.15) is 12.6 Å². The highest BCUT2D eigenvalue weighted by Crippen LogP contribution is 2.24. The summed E-state index contributed by atoms with van der Waals surface area (Å²) in [6.45, 7) is 6.29. The van der Waals surface area contributed by atoms with Crippen molar-refractivity contribution in [3.05, 3.63) is 23.8 Å². The van der Waals surface area contributed by atoms with Gasteiger partial charge in [0.05, 0.1) is 4.58 Å². The van der Waals surface area contributed by atoms with Crippen molar-refractivity contribution < 1.29 is 0 Å². The molecule has 0 heterocycles. The van der Waals surface area contributed by atoms with Crippen LogP contribution >= 0.6 is 24.4 Å². The van der Waals surface area contributed by atoms with Gasteiger partial charge < -0.3 is 0 Å². The van der Waals surface area contributed by atoms with Crippen LogP contribution < -0.4 is 0 Å². The molecule has 0 rings (SSSR count). The van der Waals surface area contributed by atoms with E-state index in [-0.39, 0.29) is 0 Å². The minimum absolute atomic E-state index is 0.339. The second-order valence-corrected chi connectivity index (χ2v) is 4.59. The molecule has 0 aromatic carbocycles. The van der Waals surface area contributed by atoms with Gasteiger partial charge in [-0.15, -0.1) is 11.8 Å². The Labute approximate surface area is 85.9 Å². The second kappa shape index (κ2) is 7.81. The highest BCUT2D eigenvalue weighted by Gasteiger charge is 2.04.